The molecule has 0 spiro atoms. The van der Waals surface area contributed by atoms with E-state index in [9.17, 15) is 8.42 Å². The molecule has 0 bridgehead atoms. The van der Waals surface area contributed by atoms with E-state index >= 15 is 0 Å². The second kappa shape index (κ2) is 8.73. The Hall–Kier alpha value is -1.80. The molecule has 1 heterocycles. The maximum Gasteiger partial charge on any atom is 0.213 e. The van der Waals surface area contributed by atoms with Gasteiger partial charge in [-0.15, -0.1) is 0 Å². The molecule has 1 aliphatic heterocycles. The summed E-state index contributed by atoms with van der Waals surface area (Å²) in [4.78, 5) is 4.14. The predicted octanol–water partition coefficient (Wildman–Crippen LogP) is 0.875. The number of rotatable bonds is 8. The number of hydrogen-bond acceptors (Lipinski definition) is 4. The second-order valence-corrected chi connectivity index (χ2v) is 8.82. The maximum atomic E-state index is 12.0. The molecule has 1 aromatic carbocycles. The zero-order chi connectivity index (χ0) is 18.4. The van der Waals surface area contributed by atoms with Crippen molar-refractivity contribution in [2.45, 2.75) is 31.8 Å². The summed E-state index contributed by atoms with van der Waals surface area (Å²) in [6.07, 6.45) is 4.39. The van der Waals surface area contributed by atoms with Crippen molar-refractivity contribution in [1.29, 1.82) is 0 Å². The summed E-state index contributed by atoms with van der Waals surface area (Å²) in [7, 11) is -1.57. The quantitative estimate of drug-likeness (QED) is 0.460. The molecule has 26 heavy (non-hydrogen) atoms. The number of nitrogens with one attached hydrogen (secondary N) is 3. The lowest BCUT2D eigenvalue weighted by molar-refractivity contribution is 0.235. The highest BCUT2D eigenvalue weighted by Crippen LogP contribution is 2.27. The van der Waals surface area contributed by atoms with Gasteiger partial charge in [0.1, 0.15) is 11.9 Å². The minimum Gasteiger partial charge on any atom is -0.488 e. The summed E-state index contributed by atoms with van der Waals surface area (Å²) in [6, 6.07) is 8.03. The van der Waals surface area contributed by atoms with Gasteiger partial charge >= 0.3 is 0 Å². The van der Waals surface area contributed by atoms with Gasteiger partial charge in [0.05, 0.1) is 12.3 Å². The van der Waals surface area contributed by atoms with Crippen LogP contribution in [0.15, 0.2) is 29.3 Å². The van der Waals surface area contributed by atoms with E-state index < -0.39 is 10.0 Å². The monoisotopic (exact) mass is 380 g/mol. The largest absolute Gasteiger partial charge is 0.488 e. The number of benzene rings is 1. The average Bonchev–Trinajstić information content (AvgIpc) is 2.99. The summed E-state index contributed by atoms with van der Waals surface area (Å²) in [5, 5.41) is 6.25. The van der Waals surface area contributed by atoms with Crippen LogP contribution in [0.4, 0.5) is 0 Å². The van der Waals surface area contributed by atoms with Gasteiger partial charge in [0.25, 0.3) is 0 Å². The number of fused-ring (bicyclic) bond motifs is 1. The molecule has 0 aromatic heterocycles. The van der Waals surface area contributed by atoms with Crippen LogP contribution in [0.3, 0.4) is 0 Å². The Kier molecular flexibility index (Phi) is 6.37. The van der Waals surface area contributed by atoms with Crippen LogP contribution in [-0.4, -0.2) is 52.9 Å². The van der Waals surface area contributed by atoms with E-state index in [4.69, 9.17) is 4.74 Å². The van der Waals surface area contributed by atoms with Crippen molar-refractivity contribution in [1.82, 2.24) is 15.4 Å². The topological polar surface area (TPSA) is 91.8 Å². The smallest absolute Gasteiger partial charge is 0.213 e. The molecule has 0 saturated heterocycles. The van der Waals surface area contributed by atoms with Crippen molar-refractivity contribution in [2.24, 2.45) is 10.9 Å². The van der Waals surface area contributed by atoms with Gasteiger partial charge in [0, 0.05) is 26.6 Å². The van der Waals surface area contributed by atoms with Crippen LogP contribution in [0.2, 0.25) is 0 Å². The van der Waals surface area contributed by atoms with Crippen LogP contribution in [0, 0.1) is 5.92 Å². The van der Waals surface area contributed by atoms with Crippen LogP contribution in [-0.2, 0) is 16.4 Å². The van der Waals surface area contributed by atoms with E-state index in [1.165, 1.54) is 12.0 Å². The Balaban J connectivity index is 1.34. The zero-order valence-corrected chi connectivity index (χ0v) is 16.0. The van der Waals surface area contributed by atoms with E-state index in [0.29, 0.717) is 31.5 Å². The minimum atomic E-state index is -3.24. The SMILES string of the molecule is CN=C(NCCS(=O)(=O)NCC1CCC1)NCC1Cc2ccccc2O1. The molecular formula is C18H28N4O3S. The summed E-state index contributed by atoms with van der Waals surface area (Å²) in [6.45, 7) is 1.49. The Morgan fingerprint density at radius 2 is 2.04 bits per heavy atom. The van der Waals surface area contributed by atoms with Crippen molar-refractivity contribution in [3.05, 3.63) is 29.8 Å². The predicted molar refractivity (Wildman–Crippen MR) is 103 cm³/mol. The Morgan fingerprint density at radius 3 is 2.73 bits per heavy atom. The van der Waals surface area contributed by atoms with Gasteiger partial charge in [-0.05, 0) is 30.4 Å². The van der Waals surface area contributed by atoms with E-state index in [2.05, 4.69) is 26.4 Å². The summed E-state index contributed by atoms with van der Waals surface area (Å²) >= 11 is 0. The first-order valence-corrected chi connectivity index (χ1v) is 10.9. The molecular weight excluding hydrogens is 352 g/mol. The highest BCUT2D eigenvalue weighted by molar-refractivity contribution is 7.89. The first kappa shape index (κ1) is 19.0. The maximum absolute atomic E-state index is 12.0. The molecule has 1 saturated carbocycles. The van der Waals surface area contributed by atoms with Crippen molar-refractivity contribution in [3.8, 4) is 5.75 Å². The standard InChI is InChI=1S/C18H28N4O3S/c1-19-18(20-9-10-26(23,24)22-12-14-5-4-6-14)21-13-16-11-15-7-2-3-8-17(15)25-16/h2-3,7-8,14,16,22H,4-6,9-13H2,1H3,(H2,19,20,21). The molecule has 1 aliphatic carbocycles. The van der Waals surface area contributed by atoms with Crippen molar-refractivity contribution >= 4 is 16.0 Å². The summed E-state index contributed by atoms with van der Waals surface area (Å²) < 4.78 is 32.6. The minimum absolute atomic E-state index is 0.0335. The summed E-state index contributed by atoms with van der Waals surface area (Å²) in [5.74, 6) is 2.07. The first-order valence-electron chi connectivity index (χ1n) is 9.22. The number of hydrogen-bond donors (Lipinski definition) is 3. The van der Waals surface area contributed by atoms with Gasteiger partial charge in [-0.3, -0.25) is 4.99 Å². The van der Waals surface area contributed by atoms with Crippen molar-refractivity contribution in [3.63, 3.8) is 0 Å². The van der Waals surface area contributed by atoms with Crippen LogP contribution in [0.5, 0.6) is 5.75 Å². The summed E-state index contributed by atoms with van der Waals surface area (Å²) in [5.41, 5.74) is 1.21. The lowest BCUT2D eigenvalue weighted by atomic mass is 9.86. The molecule has 1 atom stereocenters. The fourth-order valence-corrected chi connectivity index (χ4v) is 4.12. The third-order valence-electron chi connectivity index (χ3n) is 4.91. The lowest BCUT2D eigenvalue weighted by Crippen LogP contribution is -2.44. The lowest BCUT2D eigenvalue weighted by Gasteiger charge is -2.25. The Morgan fingerprint density at radius 1 is 1.23 bits per heavy atom. The zero-order valence-electron chi connectivity index (χ0n) is 15.2. The third-order valence-corrected chi connectivity index (χ3v) is 6.26. The molecule has 3 N–H and O–H groups in total. The highest BCUT2D eigenvalue weighted by Gasteiger charge is 2.22. The number of aliphatic imine (C=N–C) groups is 1. The van der Waals surface area contributed by atoms with Gasteiger partial charge in [-0.25, -0.2) is 13.1 Å². The van der Waals surface area contributed by atoms with Crippen LogP contribution >= 0.6 is 0 Å². The van der Waals surface area contributed by atoms with Crippen LogP contribution < -0.4 is 20.1 Å². The Bertz CT molecular complexity index is 707. The number of guanidine groups is 1. The number of sulfonamides is 1. The fourth-order valence-electron chi connectivity index (χ4n) is 3.12. The average molecular weight is 381 g/mol. The number of nitrogens with zero attached hydrogens (tertiary/aromatic N) is 1. The molecule has 7 nitrogen and oxygen atoms in total. The second-order valence-electron chi connectivity index (χ2n) is 6.90. The molecule has 1 unspecified atom stereocenters. The molecule has 1 aromatic rings. The van der Waals surface area contributed by atoms with E-state index in [-0.39, 0.29) is 11.9 Å². The third kappa shape index (κ3) is 5.35. The van der Waals surface area contributed by atoms with E-state index in [1.54, 1.807) is 7.05 Å². The fraction of sp³-hybridized carbons (Fsp3) is 0.611. The molecule has 1 fully saturated rings. The van der Waals surface area contributed by atoms with Gasteiger partial charge in [-0.1, -0.05) is 24.6 Å². The van der Waals surface area contributed by atoms with Gasteiger partial charge < -0.3 is 15.4 Å². The van der Waals surface area contributed by atoms with E-state index in [1.807, 2.05) is 18.2 Å². The number of ether oxygens (including phenoxy) is 1. The van der Waals surface area contributed by atoms with Crippen LogP contribution in [0.25, 0.3) is 0 Å². The highest BCUT2D eigenvalue weighted by atomic mass is 32.2. The van der Waals surface area contributed by atoms with E-state index in [0.717, 1.165) is 25.0 Å². The molecule has 3 rings (SSSR count). The van der Waals surface area contributed by atoms with Crippen molar-refractivity contribution in [2.75, 3.05) is 32.4 Å². The number of para-hydroxylation sites is 1. The van der Waals surface area contributed by atoms with Crippen LogP contribution in [0.1, 0.15) is 24.8 Å². The molecule has 144 valence electrons. The van der Waals surface area contributed by atoms with Crippen molar-refractivity contribution < 1.29 is 13.2 Å². The van der Waals surface area contributed by atoms with Gasteiger partial charge in [0.2, 0.25) is 10.0 Å². The normalized spacial score (nSPS) is 20.2. The molecule has 0 amide bonds. The van der Waals surface area contributed by atoms with Gasteiger partial charge in [-0.2, -0.15) is 0 Å². The molecule has 0 radical (unpaired) electrons. The molecule has 2 aliphatic rings. The Labute approximate surface area is 155 Å². The van der Waals surface area contributed by atoms with Gasteiger partial charge in [0.15, 0.2) is 5.96 Å². The first-order chi connectivity index (χ1) is 12.6. The molecule has 8 heteroatoms.